The highest BCUT2D eigenvalue weighted by molar-refractivity contribution is 5.82. The molecule has 2 aromatic rings. The number of ether oxygens (including phenoxy) is 1. The lowest BCUT2D eigenvalue weighted by atomic mass is 9.94. The summed E-state index contributed by atoms with van der Waals surface area (Å²) in [5.41, 5.74) is 5.47. The van der Waals surface area contributed by atoms with Gasteiger partial charge in [-0.2, -0.15) is 0 Å². The van der Waals surface area contributed by atoms with Gasteiger partial charge in [0.1, 0.15) is 5.75 Å². The third-order valence-corrected chi connectivity index (χ3v) is 3.71. The second-order valence-electron chi connectivity index (χ2n) is 4.90. The molecular weight excluding hydrogens is 232 g/mol. The van der Waals surface area contributed by atoms with Gasteiger partial charge in [0.15, 0.2) is 0 Å². The molecule has 0 bridgehead atoms. The summed E-state index contributed by atoms with van der Waals surface area (Å²) < 4.78 is 5.23. The van der Waals surface area contributed by atoms with Crippen LogP contribution >= 0.6 is 0 Å². The van der Waals surface area contributed by atoms with Crippen molar-refractivity contribution in [2.75, 3.05) is 7.11 Å². The van der Waals surface area contributed by atoms with Crippen molar-refractivity contribution in [3.05, 3.63) is 71.3 Å². The van der Waals surface area contributed by atoms with E-state index in [1.165, 1.54) is 35.1 Å². The second-order valence-corrected chi connectivity index (χ2v) is 4.90. The van der Waals surface area contributed by atoms with E-state index in [1.807, 2.05) is 12.1 Å². The summed E-state index contributed by atoms with van der Waals surface area (Å²) >= 11 is 0. The fraction of sp³-hybridized carbons (Fsp3) is 0.222. The summed E-state index contributed by atoms with van der Waals surface area (Å²) in [6.07, 6.45) is 5.92. The number of allylic oxidation sites excluding steroid dienone is 1. The molecule has 1 aliphatic carbocycles. The maximum atomic E-state index is 5.23. The van der Waals surface area contributed by atoms with E-state index < -0.39 is 0 Å². The average molecular weight is 250 g/mol. The number of rotatable bonds is 2. The summed E-state index contributed by atoms with van der Waals surface area (Å²) in [6.45, 7) is 0. The first-order valence-corrected chi connectivity index (χ1v) is 6.81. The van der Waals surface area contributed by atoms with E-state index in [4.69, 9.17) is 4.74 Å². The van der Waals surface area contributed by atoms with Crippen molar-refractivity contribution in [3.8, 4) is 5.75 Å². The summed E-state index contributed by atoms with van der Waals surface area (Å²) in [7, 11) is 1.70. The predicted molar refractivity (Wildman–Crippen MR) is 79.5 cm³/mol. The quantitative estimate of drug-likeness (QED) is 0.764. The third-order valence-electron chi connectivity index (χ3n) is 3.71. The van der Waals surface area contributed by atoms with Crippen LogP contribution in [0.3, 0.4) is 0 Å². The molecule has 0 unspecified atom stereocenters. The van der Waals surface area contributed by atoms with Crippen LogP contribution in [0.1, 0.15) is 29.5 Å². The van der Waals surface area contributed by atoms with Crippen molar-refractivity contribution < 1.29 is 4.74 Å². The van der Waals surface area contributed by atoms with Crippen LogP contribution in [-0.4, -0.2) is 7.11 Å². The van der Waals surface area contributed by atoms with Gasteiger partial charge in [-0.05, 0) is 53.7 Å². The Bertz CT molecular complexity index is 593. The standard InChI is InChI=1S/C18H18O/c1-19-16-12-10-15(11-13-16)18-9-5-3-7-14-6-2-4-8-17(14)18/h2,4,6,8-13H,3,5,7H2,1H3. The molecule has 0 saturated heterocycles. The Hall–Kier alpha value is -2.02. The Morgan fingerprint density at radius 3 is 2.53 bits per heavy atom. The zero-order valence-electron chi connectivity index (χ0n) is 11.2. The van der Waals surface area contributed by atoms with Gasteiger partial charge in [0.2, 0.25) is 0 Å². The molecule has 0 fully saturated rings. The van der Waals surface area contributed by atoms with E-state index in [1.54, 1.807) is 7.11 Å². The first-order chi connectivity index (χ1) is 9.38. The molecule has 0 amide bonds. The number of benzene rings is 2. The van der Waals surface area contributed by atoms with Crippen LogP contribution in [0, 0.1) is 0 Å². The topological polar surface area (TPSA) is 9.23 Å². The Kier molecular flexibility index (Phi) is 3.37. The van der Waals surface area contributed by atoms with Gasteiger partial charge < -0.3 is 4.74 Å². The summed E-state index contributed by atoms with van der Waals surface area (Å²) in [4.78, 5) is 0. The van der Waals surface area contributed by atoms with Crippen LogP contribution < -0.4 is 4.74 Å². The van der Waals surface area contributed by atoms with Gasteiger partial charge in [0, 0.05) is 0 Å². The molecular formula is C18H18O. The summed E-state index contributed by atoms with van der Waals surface area (Å²) in [5.74, 6) is 0.909. The molecule has 0 spiro atoms. The number of methoxy groups -OCH3 is 1. The van der Waals surface area contributed by atoms with Gasteiger partial charge in [-0.25, -0.2) is 0 Å². The van der Waals surface area contributed by atoms with E-state index in [0.29, 0.717) is 0 Å². The van der Waals surface area contributed by atoms with Crippen molar-refractivity contribution in [1.82, 2.24) is 0 Å². The Morgan fingerprint density at radius 1 is 0.947 bits per heavy atom. The molecule has 0 radical (unpaired) electrons. The number of hydrogen-bond donors (Lipinski definition) is 0. The summed E-state index contributed by atoms with van der Waals surface area (Å²) in [5, 5.41) is 0. The fourth-order valence-electron chi connectivity index (χ4n) is 2.69. The predicted octanol–water partition coefficient (Wildman–Crippen LogP) is 4.46. The van der Waals surface area contributed by atoms with Crippen molar-refractivity contribution in [2.45, 2.75) is 19.3 Å². The molecule has 1 aliphatic rings. The fourth-order valence-corrected chi connectivity index (χ4v) is 2.69. The molecule has 0 saturated carbocycles. The number of hydrogen-bond acceptors (Lipinski definition) is 1. The van der Waals surface area contributed by atoms with Crippen molar-refractivity contribution in [2.24, 2.45) is 0 Å². The van der Waals surface area contributed by atoms with Gasteiger partial charge in [-0.1, -0.05) is 42.5 Å². The van der Waals surface area contributed by atoms with Gasteiger partial charge in [-0.15, -0.1) is 0 Å². The van der Waals surface area contributed by atoms with Gasteiger partial charge >= 0.3 is 0 Å². The molecule has 0 N–H and O–H groups in total. The van der Waals surface area contributed by atoms with Crippen LogP contribution in [0.15, 0.2) is 54.6 Å². The maximum Gasteiger partial charge on any atom is 0.118 e. The van der Waals surface area contributed by atoms with E-state index in [2.05, 4.69) is 42.5 Å². The van der Waals surface area contributed by atoms with Crippen molar-refractivity contribution >= 4 is 5.57 Å². The smallest absolute Gasteiger partial charge is 0.118 e. The van der Waals surface area contributed by atoms with Gasteiger partial charge in [0.05, 0.1) is 7.11 Å². The van der Waals surface area contributed by atoms with Gasteiger partial charge in [0.25, 0.3) is 0 Å². The molecule has 96 valence electrons. The van der Waals surface area contributed by atoms with Crippen LogP contribution in [0.2, 0.25) is 0 Å². The molecule has 0 atom stereocenters. The first kappa shape index (κ1) is 12.0. The van der Waals surface area contributed by atoms with E-state index in [0.717, 1.165) is 12.2 Å². The van der Waals surface area contributed by atoms with Gasteiger partial charge in [-0.3, -0.25) is 0 Å². The maximum absolute atomic E-state index is 5.23. The number of fused-ring (bicyclic) bond motifs is 1. The highest BCUT2D eigenvalue weighted by Crippen LogP contribution is 2.31. The van der Waals surface area contributed by atoms with Crippen LogP contribution in [0.4, 0.5) is 0 Å². The Balaban J connectivity index is 2.05. The average Bonchev–Trinajstić information content (AvgIpc) is 2.70. The zero-order chi connectivity index (χ0) is 13.1. The molecule has 0 heterocycles. The van der Waals surface area contributed by atoms with Crippen molar-refractivity contribution in [1.29, 1.82) is 0 Å². The Morgan fingerprint density at radius 2 is 1.74 bits per heavy atom. The number of aryl methyl sites for hydroxylation is 1. The normalized spacial score (nSPS) is 14.3. The molecule has 0 aromatic heterocycles. The Labute approximate surface area is 114 Å². The third kappa shape index (κ3) is 2.41. The van der Waals surface area contributed by atoms with E-state index in [-0.39, 0.29) is 0 Å². The monoisotopic (exact) mass is 250 g/mol. The first-order valence-electron chi connectivity index (χ1n) is 6.81. The SMILES string of the molecule is COc1ccc(C2=CCCCc3ccccc32)cc1. The highest BCUT2D eigenvalue weighted by Gasteiger charge is 2.12. The minimum Gasteiger partial charge on any atom is -0.497 e. The van der Waals surface area contributed by atoms with E-state index >= 15 is 0 Å². The molecule has 2 aromatic carbocycles. The van der Waals surface area contributed by atoms with Crippen LogP contribution in [0.25, 0.3) is 5.57 Å². The minimum atomic E-state index is 0.909. The lowest BCUT2D eigenvalue weighted by Crippen LogP contribution is -1.93. The van der Waals surface area contributed by atoms with Crippen LogP contribution in [-0.2, 0) is 6.42 Å². The van der Waals surface area contributed by atoms with Crippen LogP contribution in [0.5, 0.6) is 5.75 Å². The molecule has 1 heteroatoms. The summed E-state index contributed by atoms with van der Waals surface area (Å²) in [6, 6.07) is 17.1. The molecule has 0 aliphatic heterocycles. The molecule has 3 rings (SSSR count). The zero-order valence-corrected chi connectivity index (χ0v) is 11.2. The van der Waals surface area contributed by atoms with Crippen molar-refractivity contribution in [3.63, 3.8) is 0 Å². The largest absolute Gasteiger partial charge is 0.497 e. The molecule has 19 heavy (non-hydrogen) atoms. The van der Waals surface area contributed by atoms with E-state index in [9.17, 15) is 0 Å². The minimum absolute atomic E-state index is 0.909. The second kappa shape index (κ2) is 5.31. The lowest BCUT2D eigenvalue weighted by molar-refractivity contribution is 0.415. The lowest BCUT2D eigenvalue weighted by Gasteiger charge is -2.11. The highest BCUT2D eigenvalue weighted by atomic mass is 16.5. The molecule has 1 nitrogen and oxygen atoms in total.